The van der Waals surface area contributed by atoms with Gasteiger partial charge in [0.05, 0.1) is 12.8 Å². The summed E-state index contributed by atoms with van der Waals surface area (Å²) in [6, 6.07) is 14.2. The first-order chi connectivity index (χ1) is 11.6. The van der Waals surface area contributed by atoms with Crippen LogP contribution < -0.4 is 5.30 Å². The zero-order valence-electron chi connectivity index (χ0n) is 15.3. The van der Waals surface area contributed by atoms with Crippen molar-refractivity contribution in [3.05, 3.63) is 64.7 Å². The van der Waals surface area contributed by atoms with E-state index < -0.39 is 7.37 Å². The van der Waals surface area contributed by atoms with E-state index in [0.717, 1.165) is 24.6 Å². The van der Waals surface area contributed by atoms with Crippen LogP contribution in [0.5, 0.6) is 0 Å². The smallest absolute Gasteiger partial charge is 0.236 e. The van der Waals surface area contributed by atoms with Crippen molar-refractivity contribution in [3.63, 3.8) is 0 Å². The first-order valence-electron chi connectivity index (χ1n) is 9.00. The van der Waals surface area contributed by atoms with Crippen LogP contribution in [0, 0.1) is 0 Å². The SMILES string of the molecule is CCOP(=O)(Cc1c(CC)cc(CC)cc1CC)c1ccccc1. The Balaban J connectivity index is 2.52. The van der Waals surface area contributed by atoms with Gasteiger partial charge in [-0.2, -0.15) is 0 Å². The Morgan fingerprint density at radius 1 is 0.875 bits per heavy atom. The van der Waals surface area contributed by atoms with Crippen molar-refractivity contribution in [2.75, 3.05) is 6.61 Å². The van der Waals surface area contributed by atoms with Gasteiger partial charge in [-0.25, -0.2) is 0 Å². The first kappa shape index (κ1) is 19.0. The van der Waals surface area contributed by atoms with Crippen LogP contribution in [-0.2, 0) is 34.5 Å². The van der Waals surface area contributed by atoms with E-state index in [9.17, 15) is 4.57 Å². The molecule has 24 heavy (non-hydrogen) atoms. The van der Waals surface area contributed by atoms with Gasteiger partial charge in [-0.1, -0.05) is 51.1 Å². The standard InChI is InChI=1S/C21H29O2P/c1-5-17-14-18(6-2)21(19(7-3)15-17)16-24(22,23-8-4)20-12-10-9-11-13-20/h9-15H,5-8,16H2,1-4H3. The van der Waals surface area contributed by atoms with E-state index in [0.29, 0.717) is 12.8 Å². The average Bonchev–Trinajstić information content (AvgIpc) is 2.62. The maximum Gasteiger partial charge on any atom is 0.236 e. The Bertz CT molecular complexity index is 682. The van der Waals surface area contributed by atoms with Gasteiger partial charge in [-0.05, 0) is 60.6 Å². The molecule has 2 nitrogen and oxygen atoms in total. The number of hydrogen-bond donors (Lipinski definition) is 0. The Labute approximate surface area is 146 Å². The molecule has 2 aromatic rings. The van der Waals surface area contributed by atoms with Crippen LogP contribution in [-0.4, -0.2) is 6.61 Å². The van der Waals surface area contributed by atoms with E-state index in [1.54, 1.807) is 0 Å². The highest BCUT2D eigenvalue weighted by atomic mass is 31.2. The summed E-state index contributed by atoms with van der Waals surface area (Å²) < 4.78 is 19.5. The molecule has 0 aliphatic rings. The highest BCUT2D eigenvalue weighted by molar-refractivity contribution is 7.66. The van der Waals surface area contributed by atoms with Gasteiger partial charge >= 0.3 is 0 Å². The molecule has 0 radical (unpaired) electrons. The molecular weight excluding hydrogens is 315 g/mol. The van der Waals surface area contributed by atoms with Crippen molar-refractivity contribution in [1.29, 1.82) is 0 Å². The molecule has 0 aliphatic carbocycles. The summed E-state index contributed by atoms with van der Waals surface area (Å²) in [4.78, 5) is 0. The van der Waals surface area contributed by atoms with Crippen LogP contribution in [0.1, 0.15) is 49.9 Å². The van der Waals surface area contributed by atoms with E-state index in [-0.39, 0.29) is 0 Å². The van der Waals surface area contributed by atoms with Crippen LogP contribution in [0.4, 0.5) is 0 Å². The van der Waals surface area contributed by atoms with Gasteiger partial charge in [0, 0.05) is 5.30 Å². The van der Waals surface area contributed by atoms with E-state index >= 15 is 0 Å². The molecule has 0 amide bonds. The molecule has 0 heterocycles. The zero-order chi connectivity index (χ0) is 17.6. The third-order valence-electron chi connectivity index (χ3n) is 4.52. The summed E-state index contributed by atoms with van der Waals surface area (Å²) in [6.07, 6.45) is 3.43. The van der Waals surface area contributed by atoms with E-state index in [1.165, 1.54) is 22.3 Å². The molecule has 0 spiro atoms. The lowest BCUT2D eigenvalue weighted by atomic mass is 9.95. The van der Waals surface area contributed by atoms with Crippen molar-refractivity contribution in [3.8, 4) is 0 Å². The summed E-state index contributed by atoms with van der Waals surface area (Å²) in [5, 5.41) is 0.815. The van der Waals surface area contributed by atoms with Crippen molar-refractivity contribution >= 4 is 12.7 Å². The van der Waals surface area contributed by atoms with Crippen molar-refractivity contribution in [2.24, 2.45) is 0 Å². The van der Waals surface area contributed by atoms with Gasteiger partial charge in [-0.15, -0.1) is 0 Å². The van der Waals surface area contributed by atoms with Gasteiger partial charge in [0.1, 0.15) is 0 Å². The monoisotopic (exact) mass is 344 g/mol. The Hall–Kier alpha value is -1.37. The normalized spacial score (nSPS) is 13.7. The summed E-state index contributed by atoms with van der Waals surface area (Å²) >= 11 is 0. The predicted octanol–water partition coefficient (Wildman–Crippen LogP) is 5.51. The number of rotatable bonds is 8. The Kier molecular flexibility index (Phi) is 6.83. The predicted molar refractivity (Wildman–Crippen MR) is 104 cm³/mol. The van der Waals surface area contributed by atoms with Crippen LogP contribution >= 0.6 is 7.37 Å². The molecule has 0 aliphatic heterocycles. The van der Waals surface area contributed by atoms with Gasteiger partial charge in [-0.3, -0.25) is 4.57 Å². The lowest BCUT2D eigenvalue weighted by Crippen LogP contribution is -2.12. The molecule has 130 valence electrons. The van der Waals surface area contributed by atoms with Gasteiger partial charge in [0.25, 0.3) is 0 Å². The molecule has 1 atom stereocenters. The van der Waals surface area contributed by atoms with Crippen molar-refractivity contribution < 1.29 is 9.09 Å². The van der Waals surface area contributed by atoms with E-state index in [1.807, 2.05) is 37.3 Å². The van der Waals surface area contributed by atoms with Crippen molar-refractivity contribution in [2.45, 2.75) is 53.1 Å². The number of benzene rings is 2. The molecule has 0 N–H and O–H groups in total. The minimum absolute atomic E-state index is 0.460. The van der Waals surface area contributed by atoms with Gasteiger partial charge in [0.2, 0.25) is 7.37 Å². The number of aryl methyl sites for hydroxylation is 3. The highest BCUT2D eigenvalue weighted by Gasteiger charge is 2.28. The lowest BCUT2D eigenvalue weighted by molar-refractivity contribution is 0.340. The van der Waals surface area contributed by atoms with Crippen LogP contribution in [0.25, 0.3) is 0 Å². The molecule has 2 rings (SSSR count). The largest absolute Gasteiger partial charge is 0.325 e. The Morgan fingerprint density at radius 3 is 1.92 bits per heavy atom. The minimum atomic E-state index is -2.90. The molecule has 0 fully saturated rings. The second-order valence-corrected chi connectivity index (χ2v) is 8.48. The topological polar surface area (TPSA) is 26.3 Å². The van der Waals surface area contributed by atoms with E-state index in [2.05, 4.69) is 32.9 Å². The second kappa shape index (κ2) is 8.65. The third-order valence-corrected chi connectivity index (χ3v) is 7.01. The zero-order valence-corrected chi connectivity index (χ0v) is 16.2. The van der Waals surface area contributed by atoms with Crippen LogP contribution in [0.2, 0.25) is 0 Å². The first-order valence-corrected chi connectivity index (χ1v) is 10.8. The summed E-state index contributed by atoms with van der Waals surface area (Å²) in [5.74, 6) is 0. The van der Waals surface area contributed by atoms with Gasteiger partial charge in [0.15, 0.2) is 0 Å². The molecule has 1 unspecified atom stereocenters. The third kappa shape index (κ3) is 4.18. The number of hydrogen-bond acceptors (Lipinski definition) is 2. The van der Waals surface area contributed by atoms with Crippen LogP contribution in [0.3, 0.4) is 0 Å². The molecule has 0 aromatic heterocycles. The van der Waals surface area contributed by atoms with E-state index in [4.69, 9.17) is 4.52 Å². The van der Waals surface area contributed by atoms with Crippen molar-refractivity contribution in [1.82, 2.24) is 0 Å². The molecule has 2 aromatic carbocycles. The Morgan fingerprint density at radius 2 is 1.46 bits per heavy atom. The van der Waals surface area contributed by atoms with Gasteiger partial charge < -0.3 is 4.52 Å². The summed E-state index contributed by atoms with van der Waals surface area (Å²) in [6.45, 7) is 8.90. The summed E-state index contributed by atoms with van der Waals surface area (Å²) in [5.41, 5.74) is 5.19. The molecule has 3 heteroatoms. The molecular formula is C21H29O2P. The fraction of sp³-hybridized carbons (Fsp3) is 0.429. The second-order valence-electron chi connectivity index (χ2n) is 6.04. The quantitative estimate of drug-likeness (QED) is 0.590. The summed E-state index contributed by atoms with van der Waals surface area (Å²) in [7, 11) is -2.90. The highest BCUT2D eigenvalue weighted by Crippen LogP contribution is 2.50. The maximum atomic E-state index is 13.7. The fourth-order valence-corrected chi connectivity index (χ4v) is 5.48. The molecule has 0 bridgehead atoms. The maximum absolute atomic E-state index is 13.7. The fourth-order valence-electron chi connectivity index (χ4n) is 3.19. The molecule has 0 saturated carbocycles. The van der Waals surface area contributed by atoms with Crippen LogP contribution in [0.15, 0.2) is 42.5 Å². The lowest BCUT2D eigenvalue weighted by Gasteiger charge is -2.22. The average molecular weight is 344 g/mol. The minimum Gasteiger partial charge on any atom is -0.325 e. The molecule has 0 saturated heterocycles.